The normalized spacial score (nSPS) is 22.3. The van der Waals surface area contributed by atoms with Crippen LogP contribution in [-0.4, -0.2) is 21.4 Å². The van der Waals surface area contributed by atoms with Crippen molar-refractivity contribution < 1.29 is 13.7 Å². The Hall–Kier alpha value is -1.47. The molecule has 0 spiro atoms. The minimum atomic E-state index is -1.29. The molecular weight excluding hydrogens is 331 g/mol. The Morgan fingerprint density at radius 1 is 1.54 bits per heavy atom. The van der Waals surface area contributed by atoms with Crippen LogP contribution in [0.1, 0.15) is 51.8 Å². The summed E-state index contributed by atoms with van der Waals surface area (Å²) in [4.78, 5) is 2.77. The first kappa shape index (κ1) is 18.9. The highest BCUT2D eigenvalue weighted by atomic mass is 32.2. The van der Waals surface area contributed by atoms with E-state index in [2.05, 4.69) is 14.7 Å². The molecule has 24 heavy (non-hydrogen) atoms. The van der Waals surface area contributed by atoms with Crippen LogP contribution in [0, 0.1) is 5.82 Å². The average molecular weight is 354 g/mol. The van der Waals surface area contributed by atoms with Gasteiger partial charge < -0.3 is 9.29 Å². The lowest BCUT2D eigenvalue weighted by molar-refractivity contribution is 0.124. The molecule has 0 bridgehead atoms. The topological polar surface area (TPSA) is 93.1 Å². The van der Waals surface area contributed by atoms with Gasteiger partial charge in [0.15, 0.2) is 0 Å². The quantitative estimate of drug-likeness (QED) is 0.375. The van der Waals surface area contributed by atoms with Gasteiger partial charge in [0.1, 0.15) is 21.9 Å². The van der Waals surface area contributed by atoms with Gasteiger partial charge in [0.05, 0.1) is 12.6 Å². The van der Waals surface area contributed by atoms with Gasteiger partial charge >= 0.3 is 0 Å². The maximum atomic E-state index is 14.0. The summed E-state index contributed by atoms with van der Waals surface area (Å²) < 4.78 is 34.9. The van der Waals surface area contributed by atoms with Gasteiger partial charge in [-0.1, -0.05) is 5.11 Å². The van der Waals surface area contributed by atoms with Gasteiger partial charge in [-0.2, -0.15) is 0 Å². The zero-order valence-corrected chi connectivity index (χ0v) is 15.4. The number of azide groups is 1. The van der Waals surface area contributed by atoms with E-state index in [1.165, 1.54) is 12.1 Å². The van der Waals surface area contributed by atoms with Crippen LogP contribution in [0.5, 0.6) is 5.75 Å². The van der Waals surface area contributed by atoms with Crippen LogP contribution in [0.25, 0.3) is 10.4 Å². The van der Waals surface area contributed by atoms with Crippen molar-refractivity contribution in [2.24, 2.45) is 5.11 Å². The standard InChI is InChI=1S/C16H23FN4O2S/c1-10(20-24(22)15(2,3)4)13-7-12(17)6-11-8-16(5,9-19-21-18)23-14(11)13/h6-7,10,20H,8-9H2,1-5H3/t10-,16-,24-/m1/s1. The molecule has 0 radical (unpaired) electrons. The van der Waals surface area contributed by atoms with Crippen LogP contribution < -0.4 is 9.46 Å². The number of halogens is 1. The average Bonchev–Trinajstić information content (AvgIpc) is 2.79. The number of nitrogens with zero attached hydrogens (tertiary/aromatic N) is 3. The molecule has 1 aliphatic rings. The molecule has 6 nitrogen and oxygen atoms in total. The van der Waals surface area contributed by atoms with Crippen molar-refractivity contribution in [3.8, 4) is 5.75 Å². The van der Waals surface area contributed by atoms with Gasteiger partial charge in [-0.05, 0) is 52.3 Å². The minimum Gasteiger partial charge on any atom is -0.598 e. The fourth-order valence-corrected chi connectivity index (χ4v) is 3.41. The summed E-state index contributed by atoms with van der Waals surface area (Å²) in [5, 5.41) is 3.58. The van der Waals surface area contributed by atoms with Gasteiger partial charge in [-0.3, -0.25) is 0 Å². The summed E-state index contributed by atoms with van der Waals surface area (Å²) >= 11 is -1.29. The van der Waals surface area contributed by atoms with E-state index in [9.17, 15) is 8.94 Å². The zero-order chi connectivity index (χ0) is 18.1. The number of hydrogen-bond acceptors (Lipinski definition) is 4. The highest BCUT2D eigenvalue weighted by Gasteiger charge is 2.38. The van der Waals surface area contributed by atoms with Gasteiger partial charge in [0.25, 0.3) is 0 Å². The van der Waals surface area contributed by atoms with Crippen molar-refractivity contribution in [1.82, 2.24) is 4.72 Å². The summed E-state index contributed by atoms with van der Waals surface area (Å²) in [6, 6.07) is 2.49. The van der Waals surface area contributed by atoms with Gasteiger partial charge in [0, 0.05) is 33.8 Å². The molecule has 0 saturated carbocycles. The Kier molecular flexibility index (Phi) is 5.34. The number of benzene rings is 1. The van der Waals surface area contributed by atoms with E-state index in [1.807, 2.05) is 34.6 Å². The molecule has 8 heteroatoms. The highest BCUT2D eigenvalue weighted by Crippen LogP contribution is 2.41. The monoisotopic (exact) mass is 354 g/mol. The summed E-state index contributed by atoms with van der Waals surface area (Å²) in [7, 11) is 0. The van der Waals surface area contributed by atoms with E-state index in [-0.39, 0.29) is 18.4 Å². The molecule has 132 valence electrons. The van der Waals surface area contributed by atoms with Gasteiger partial charge in [-0.25, -0.2) is 4.39 Å². The third kappa shape index (κ3) is 4.13. The van der Waals surface area contributed by atoms with Crippen LogP contribution in [-0.2, 0) is 17.8 Å². The van der Waals surface area contributed by atoms with E-state index >= 15 is 0 Å². The third-order valence-electron chi connectivity index (χ3n) is 3.85. The number of rotatable bonds is 5. The first-order valence-corrected chi connectivity index (χ1v) is 8.91. The van der Waals surface area contributed by atoms with Crippen molar-refractivity contribution in [3.63, 3.8) is 0 Å². The first-order valence-electron chi connectivity index (χ1n) is 7.76. The molecule has 1 aromatic rings. The SMILES string of the molecule is C[C@@H](N[S@+]([O-])C(C)(C)C)c1cc(F)cc2c1O[C@@](C)(CN=[N+]=[N-])C2. The Labute approximate surface area is 144 Å². The second kappa shape index (κ2) is 6.80. The third-order valence-corrected chi connectivity index (χ3v) is 5.53. The largest absolute Gasteiger partial charge is 0.598 e. The summed E-state index contributed by atoms with van der Waals surface area (Å²) in [6.45, 7) is 9.42. The van der Waals surface area contributed by atoms with Crippen molar-refractivity contribution >= 4 is 11.4 Å². The van der Waals surface area contributed by atoms with Crippen LogP contribution in [0.3, 0.4) is 0 Å². The molecule has 0 aliphatic carbocycles. The Morgan fingerprint density at radius 3 is 2.79 bits per heavy atom. The fraction of sp³-hybridized carbons (Fsp3) is 0.625. The lowest BCUT2D eigenvalue weighted by Gasteiger charge is -2.27. The first-order chi connectivity index (χ1) is 11.1. The second-order valence-electron chi connectivity index (χ2n) is 7.32. The Bertz CT molecular complexity index is 673. The maximum absolute atomic E-state index is 14.0. The van der Waals surface area contributed by atoms with E-state index in [0.717, 1.165) is 5.56 Å². The van der Waals surface area contributed by atoms with Crippen molar-refractivity contribution in [2.75, 3.05) is 6.54 Å². The molecular formula is C16H23FN4O2S. The van der Waals surface area contributed by atoms with Crippen LogP contribution >= 0.6 is 0 Å². The predicted molar refractivity (Wildman–Crippen MR) is 92.6 cm³/mol. The lowest BCUT2D eigenvalue weighted by atomic mass is 9.97. The molecule has 0 aromatic heterocycles. The van der Waals surface area contributed by atoms with Gasteiger partial charge in [-0.15, -0.1) is 4.72 Å². The van der Waals surface area contributed by atoms with E-state index < -0.39 is 21.7 Å². The molecule has 0 unspecified atom stereocenters. The zero-order valence-electron chi connectivity index (χ0n) is 14.6. The smallest absolute Gasteiger partial charge is 0.136 e. The van der Waals surface area contributed by atoms with Crippen LogP contribution in [0.15, 0.2) is 17.2 Å². The van der Waals surface area contributed by atoms with Crippen molar-refractivity contribution in [1.29, 1.82) is 0 Å². The molecule has 0 fully saturated rings. The van der Waals surface area contributed by atoms with E-state index in [1.54, 1.807) is 0 Å². The number of ether oxygens (including phenoxy) is 1. The van der Waals surface area contributed by atoms with E-state index in [0.29, 0.717) is 17.7 Å². The molecule has 2 rings (SSSR count). The predicted octanol–water partition coefficient (Wildman–Crippen LogP) is 3.94. The summed E-state index contributed by atoms with van der Waals surface area (Å²) in [5.41, 5.74) is 9.17. The lowest BCUT2D eigenvalue weighted by Crippen LogP contribution is -2.40. The molecule has 1 aliphatic heterocycles. The molecule has 3 atom stereocenters. The summed E-state index contributed by atoms with van der Waals surface area (Å²) in [5.74, 6) is 0.216. The molecule has 1 aromatic carbocycles. The number of hydrogen-bond donors (Lipinski definition) is 1. The minimum absolute atomic E-state index is 0.162. The van der Waals surface area contributed by atoms with Crippen LogP contribution in [0.4, 0.5) is 4.39 Å². The number of nitrogens with one attached hydrogen (secondary N) is 1. The van der Waals surface area contributed by atoms with Crippen LogP contribution in [0.2, 0.25) is 0 Å². The second-order valence-corrected chi connectivity index (χ2v) is 9.32. The molecule has 0 amide bonds. The number of fused-ring (bicyclic) bond motifs is 1. The summed E-state index contributed by atoms with van der Waals surface area (Å²) in [6.07, 6.45) is 0.460. The Balaban J connectivity index is 2.30. The fourth-order valence-electron chi connectivity index (χ4n) is 2.61. The molecule has 0 saturated heterocycles. The Morgan fingerprint density at radius 2 is 2.21 bits per heavy atom. The van der Waals surface area contributed by atoms with Crippen molar-refractivity contribution in [2.45, 2.75) is 57.4 Å². The highest BCUT2D eigenvalue weighted by molar-refractivity contribution is 7.90. The molecule has 1 heterocycles. The van der Waals surface area contributed by atoms with Crippen molar-refractivity contribution in [3.05, 3.63) is 39.5 Å². The maximum Gasteiger partial charge on any atom is 0.136 e. The van der Waals surface area contributed by atoms with E-state index in [4.69, 9.17) is 10.3 Å². The molecule has 1 N–H and O–H groups in total. The van der Waals surface area contributed by atoms with Gasteiger partial charge in [0.2, 0.25) is 0 Å².